The highest BCUT2D eigenvalue weighted by Crippen LogP contribution is 2.19. The average molecular weight is 397 g/mol. The lowest BCUT2D eigenvalue weighted by Crippen LogP contribution is -2.47. The highest BCUT2D eigenvalue weighted by Gasteiger charge is 2.22. The van der Waals surface area contributed by atoms with E-state index < -0.39 is 0 Å². The number of morpholine rings is 1. The molecule has 1 atom stereocenters. The first kappa shape index (κ1) is 21.1. The molecule has 29 heavy (non-hydrogen) atoms. The number of ether oxygens (including phenoxy) is 1. The quantitative estimate of drug-likeness (QED) is 0.689. The Kier molecular flexibility index (Phi) is 7.86. The number of hydrogen-bond donors (Lipinski definition) is 2. The van der Waals surface area contributed by atoms with Crippen LogP contribution in [0.1, 0.15) is 37.7 Å². The molecular formula is C22H28FN5O. The van der Waals surface area contributed by atoms with Crippen molar-refractivity contribution in [3.63, 3.8) is 0 Å². The zero-order valence-electron chi connectivity index (χ0n) is 16.7. The molecule has 0 amide bonds. The van der Waals surface area contributed by atoms with Crippen LogP contribution in [0, 0.1) is 28.5 Å². The summed E-state index contributed by atoms with van der Waals surface area (Å²) in [5.74, 6) is 0.287. The van der Waals surface area contributed by atoms with Gasteiger partial charge in [0.15, 0.2) is 5.57 Å². The standard InChI is InChI=1S/C22H28FN5O/c23-19-8-6-17(7-9-19)15-28-10-11-29-21(16-28)14-26-22(18(12-24)13-25)27-20-4-2-1-3-5-20/h6-9,20-21,26-27H,1-5,10-11,14-16H2. The zero-order valence-corrected chi connectivity index (χ0v) is 16.7. The van der Waals surface area contributed by atoms with Crippen molar-refractivity contribution in [1.82, 2.24) is 15.5 Å². The van der Waals surface area contributed by atoms with Gasteiger partial charge in [0.2, 0.25) is 0 Å². The van der Waals surface area contributed by atoms with Crippen LogP contribution in [0.2, 0.25) is 0 Å². The van der Waals surface area contributed by atoms with Crippen LogP contribution in [0.5, 0.6) is 0 Å². The van der Waals surface area contributed by atoms with E-state index >= 15 is 0 Å². The van der Waals surface area contributed by atoms with E-state index in [1.807, 2.05) is 12.1 Å². The first-order chi connectivity index (χ1) is 14.2. The van der Waals surface area contributed by atoms with Gasteiger partial charge in [-0.15, -0.1) is 0 Å². The van der Waals surface area contributed by atoms with Crippen LogP contribution in [0.15, 0.2) is 35.7 Å². The molecule has 1 aliphatic carbocycles. The van der Waals surface area contributed by atoms with Gasteiger partial charge in [-0.05, 0) is 30.5 Å². The number of nitriles is 2. The highest BCUT2D eigenvalue weighted by atomic mass is 19.1. The fourth-order valence-corrected chi connectivity index (χ4v) is 3.91. The Hall–Kier alpha value is -2.61. The molecule has 1 saturated heterocycles. The predicted molar refractivity (Wildman–Crippen MR) is 108 cm³/mol. The third-order valence-corrected chi connectivity index (χ3v) is 5.48. The topological polar surface area (TPSA) is 84.1 Å². The van der Waals surface area contributed by atoms with E-state index in [1.54, 1.807) is 12.1 Å². The van der Waals surface area contributed by atoms with Crippen molar-refractivity contribution in [3.05, 3.63) is 47.0 Å². The van der Waals surface area contributed by atoms with Crippen LogP contribution in [0.25, 0.3) is 0 Å². The average Bonchev–Trinajstić information content (AvgIpc) is 2.75. The number of hydrogen-bond acceptors (Lipinski definition) is 6. The molecule has 2 aliphatic rings. The molecule has 2 fully saturated rings. The van der Waals surface area contributed by atoms with Crippen molar-refractivity contribution >= 4 is 0 Å². The lowest BCUT2D eigenvalue weighted by Gasteiger charge is -2.34. The molecule has 0 spiro atoms. The van der Waals surface area contributed by atoms with Crippen LogP contribution < -0.4 is 10.6 Å². The second kappa shape index (κ2) is 10.8. The first-order valence-electron chi connectivity index (χ1n) is 10.3. The summed E-state index contributed by atoms with van der Waals surface area (Å²) in [4.78, 5) is 2.27. The summed E-state index contributed by atoms with van der Waals surface area (Å²) in [6.45, 7) is 3.42. The number of allylic oxidation sites excluding steroid dienone is 1. The molecule has 1 aromatic carbocycles. The minimum atomic E-state index is -0.228. The lowest BCUT2D eigenvalue weighted by molar-refractivity contribution is -0.0291. The van der Waals surface area contributed by atoms with Crippen molar-refractivity contribution in [3.8, 4) is 12.1 Å². The Bertz CT molecular complexity index is 758. The van der Waals surface area contributed by atoms with Crippen molar-refractivity contribution in [2.45, 2.75) is 50.8 Å². The summed E-state index contributed by atoms with van der Waals surface area (Å²) in [7, 11) is 0. The summed E-state index contributed by atoms with van der Waals surface area (Å²) in [5, 5.41) is 25.2. The Morgan fingerprint density at radius 1 is 1.14 bits per heavy atom. The van der Waals surface area contributed by atoms with Gasteiger partial charge in [-0.3, -0.25) is 4.90 Å². The van der Waals surface area contributed by atoms with Gasteiger partial charge in [-0.2, -0.15) is 10.5 Å². The minimum Gasteiger partial charge on any atom is -0.374 e. The summed E-state index contributed by atoms with van der Waals surface area (Å²) in [6.07, 6.45) is 5.65. The third-order valence-electron chi connectivity index (χ3n) is 5.48. The highest BCUT2D eigenvalue weighted by molar-refractivity contribution is 5.39. The molecule has 1 saturated carbocycles. The van der Waals surface area contributed by atoms with E-state index in [0.29, 0.717) is 25.0 Å². The summed E-state index contributed by atoms with van der Waals surface area (Å²) >= 11 is 0. The van der Waals surface area contributed by atoms with Crippen molar-refractivity contribution < 1.29 is 9.13 Å². The number of halogens is 1. The van der Waals surface area contributed by atoms with Gasteiger partial charge in [0.1, 0.15) is 23.8 Å². The first-order valence-corrected chi connectivity index (χ1v) is 10.3. The molecule has 7 heteroatoms. The van der Waals surface area contributed by atoms with Crippen molar-refractivity contribution in [2.24, 2.45) is 0 Å². The van der Waals surface area contributed by atoms with Crippen LogP contribution in [0.4, 0.5) is 4.39 Å². The Morgan fingerprint density at radius 2 is 1.86 bits per heavy atom. The predicted octanol–water partition coefficient (Wildman–Crippen LogP) is 2.80. The Balaban J connectivity index is 1.55. The summed E-state index contributed by atoms with van der Waals surface area (Å²) in [5.41, 5.74) is 1.14. The molecule has 0 radical (unpaired) electrons. The Morgan fingerprint density at radius 3 is 2.55 bits per heavy atom. The largest absolute Gasteiger partial charge is 0.374 e. The van der Waals surface area contributed by atoms with E-state index in [-0.39, 0.29) is 17.5 Å². The Labute approximate surface area is 171 Å². The molecular weight excluding hydrogens is 369 g/mol. The van der Waals surface area contributed by atoms with E-state index in [2.05, 4.69) is 15.5 Å². The maximum atomic E-state index is 13.1. The van der Waals surface area contributed by atoms with Gasteiger partial charge in [0.25, 0.3) is 0 Å². The molecule has 1 aliphatic heterocycles. The van der Waals surface area contributed by atoms with Gasteiger partial charge in [-0.25, -0.2) is 4.39 Å². The van der Waals surface area contributed by atoms with Gasteiger partial charge in [0, 0.05) is 32.2 Å². The van der Waals surface area contributed by atoms with E-state index in [9.17, 15) is 14.9 Å². The number of benzene rings is 1. The van der Waals surface area contributed by atoms with Crippen LogP contribution in [0.3, 0.4) is 0 Å². The smallest absolute Gasteiger partial charge is 0.169 e. The minimum absolute atomic E-state index is 0.0500. The number of nitrogens with one attached hydrogen (secondary N) is 2. The summed E-state index contributed by atoms with van der Waals surface area (Å²) < 4.78 is 19.0. The van der Waals surface area contributed by atoms with Crippen molar-refractivity contribution in [1.29, 1.82) is 10.5 Å². The fraction of sp³-hybridized carbons (Fsp3) is 0.545. The molecule has 3 rings (SSSR count). The van der Waals surface area contributed by atoms with E-state index in [1.165, 1.54) is 31.4 Å². The van der Waals surface area contributed by atoms with Crippen LogP contribution >= 0.6 is 0 Å². The molecule has 1 heterocycles. The zero-order chi connectivity index (χ0) is 20.5. The van der Waals surface area contributed by atoms with Gasteiger partial charge < -0.3 is 15.4 Å². The molecule has 1 unspecified atom stereocenters. The maximum absolute atomic E-state index is 13.1. The normalized spacial score (nSPS) is 20.3. The third kappa shape index (κ3) is 6.45. The van der Waals surface area contributed by atoms with Gasteiger partial charge in [-0.1, -0.05) is 31.4 Å². The lowest BCUT2D eigenvalue weighted by atomic mass is 9.95. The number of rotatable bonds is 7. The maximum Gasteiger partial charge on any atom is 0.169 e. The monoisotopic (exact) mass is 397 g/mol. The second-order valence-electron chi connectivity index (χ2n) is 7.69. The molecule has 0 aromatic heterocycles. The van der Waals surface area contributed by atoms with Crippen LogP contribution in [-0.2, 0) is 11.3 Å². The van der Waals surface area contributed by atoms with E-state index in [4.69, 9.17) is 4.74 Å². The molecule has 6 nitrogen and oxygen atoms in total. The molecule has 1 aromatic rings. The molecule has 0 bridgehead atoms. The van der Waals surface area contributed by atoms with Gasteiger partial charge in [0.05, 0.1) is 12.7 Å². The van der Waals surface area contributed by atoms with Crippen LogP contribution in [-0.4, -0.2) is 43.3 Å². The van der Waals surface area contributed by atoms with Crippen molar-refractivity contribution in [2.75, 3.05) is 26.2 Å². The fourth-order valence-electron chi connectivity index (χ4n) is 3.91. The van der Waals surface area contributed by atoms with Gasteiger partial charge >= 0.3 is 0 Å². The molecule has 2 N–H and O–H groups in total. The SMILES string of the molecule is N#CC(C#N)=C(NCC1CN(Cc2ccc(F)cc2)CCO1)NC1CCCCC1. The van der Waals surface area contributed by atoms with E-state index in [0.717, 1.165) is 38.0 Å². The summed E-state index contributed by atoms with van der Waals surface area (Å²) in [6, 6.07) is 10.8. The number of nitrogens with zero attached hydrogens (tertiary/aromatic N) is 3. The second-order valence-corrected chi connectivity index (χ2v) is 7.69. The molecule has 154 valence electrons.